The van der Waals surface area contributed by atoms with E-state index in [1.807, 2.05) is 0 Å². The zero-order valence-electron chi connectivity index (χ0n) is 17.7. The summed E-state index contributed by atoms with van der Waals surface area (Å²) in [5.41, 5.74) is 0.566. The van der Waals surface area contributed by atoms with Gasteiger partial charge >= 0.3 is 0 Å². The first-order chi connectivity index (χ1) is 16.5. The number of hydrogen-bond donors (Lipinski definition) is 4. The Morgan fingerprint density at radius 3 is 1.35 bits per heavy atom. The number of carbonyl (C=O) groups is 2. The van der Waals surface area contributed by atoms with Crippen LogP contribution in [-0.4, -0.2) is 21.8 Å². The second-order valence-electron chi connectivity index (χ2n) is 7.68. The van der Waals surface area contributed by atoms with E-state index in [4.69, 9.17) is 0 Å². The molecule has 2 amide bonds. The minimum atomic E-state index is -0.464. The van der Waals surface area contributed by atoms with Crippen LogP contribution in [0.4, 0.5) is 11.4 Å². The molecule has 0 atom stereocenters. The van der Waals surface area contributed by atoms with Crippen molar-refractivity contribution < 1.29 is 9.59 Å². The molecule has 5 aromatic rings. The molecule has 0 radical (unpaired) electrons. The molecule has 34 heavy (non-hydrogen) atoms. The minimum absolute atomic E-state index is 0.140. The van der Waals surface area contributed by atoms with Crippen molar-refractivity contribution in [3.63, 3.8) is 0 Å². The Morgan fingerprint density at radius 2 is 0.941 bits per heavy atom. The van der Waals surface area contributed by atoms with Gasteiger partial charge in [0, 0.05) is 22.1 Å². The SMILES string of the molecule is O=C(Nc1ccc(NC(=O)c2cc3ccccc3c(=O)[nH]2)cc1)c1cc2ccccc2c(=O)[nH]1. The van der Waals surface area contributed by atoms with E-state index in [2.05, 4.69) is 20.6 Å². The van der Waals surface area contributed by atoms with Crippen molar-refractivity contribution in [1.82, 2.24) is 9.97 Å². The third-order valence-corrected chi connectivity index (χ3v) is 5.40. The molecule has 2 heterocycles. The van der Waals surface area contributed by atoms with Crippen molar-refractivity contribution in [2.24, 2.45) is 0 Å². The zero-order chi connectivity index (χ0) is 23.7. The molecule has 8 nitrogen and oxygen atoms in total. The summed E-state index contributed by atoms with van der Waals surface area (Å²) in [5, 5.41) is 7.79. The van der Waals surface area contributed by atoms with Crippen LogP contribution in [0.2, 0.25) is 0 Å². The number of anilines is 2. The van der Waals surface area contributed by atoms with Crippen LogP contribution >= 0.6 is 0 Å². The van der Waals surface area contributed by atoms with E-state index in [0.29, 0.717) is 32.9 Å². The molecule has 0 aliphatic heterocycles. The van der Waals surface area contributed by atoms with Gasteiger partial charge in [0.2, 0.25) is 0 Å². The molecule has 5 rings (SSSR count). The molecule has 0 aliphatic rings. The Hall–Kier alpha value is -4.98. The largest absolute Gasteiger partial charge is 0.321 e. The van der Waals surface area contributed by atoms with E-state index >= 15 is 0 Å². The number of fused-ring (bicyclic) bond motifs is 2. The number of aromatic amines is 2. The molecule has 0 aliphatic carbocycles. The van der Waals surface area contributed by atoms with Gasteiger partial charge in [-0.05, 0) is 59.3 Å². The highest BCUT2D eigenvalue weighted by Gasteiger charge is 2.12. The Bertz CT molecular complexity index is 1560. The summed E-state index contributed by atoms with van der Waals surface area (Å²) < 4.78 is 0. The molecule has 4 N–H and O–H groups in total. The lowest BCUT2D eigenvalue weighted by Gasteiger charge is -2.09. The van der Waals surface area contributed by atoms with Crippen LogP contribution in [0.15, 0.2) is 94.5 Å². The van der Waals surface area contributed by atoms with Gasteiger partial charge in [-0.1, -0.05) is 36.4 Å². The lowest BCUT2D eigenvalue weighted by molar-refractivity contribution is 0.101. The van der Waals surface area contributed by atoms with Crippen molar-refractivity contribution in [1.29, 1.82) is 0 Å². The van der Waals surface area contributed by atoms with Crippen molar-refractivity contribution in [2.45, 2.75) is 0 Å². The van der Waals surface area contributed by atoms with Crippen LogP contribution in [0, 0.1) is 0 Å². The molecule has 0 fully saturated rings. The van der Waals surface area contributed by atoms with Crippen LogP contribution in [0.5, 0.6) is 0 Å². The van der Waals surface area contributed by atoms with Crippen LogP contribution in [0.1, 0.15) is 21.0 Å². The molecule has 0 spiro atoms. The smallest absolute Gasteiger partial charge is 0.272 e. The summed E-state index contributed by atoms with van der Waals surface area (Å²) >= 11 is 0. The molecule has 2 aromatic heterocycles. The highest BCUT2D eigenvalue weighted by Crippen LogP contribution is 2.17. The van der Waals surface area contributed by atoms with Crippen LogP contribution in [0.3, 0.4) is 0 Å². The Kier molecular flexibility index (Phi) is 5.23. The fourth-order valence-corrected chi connectivity index (χ4v) is 3.70. The number of rotatable bonds is 4. The number of pyridine rings is 2. The maximum atomic E-state index is 12.6. The van der Waals surface area contributed by atoms with E-state index in [1.165, 1.54) is 0 Å². The quantitative estimate of drug-likeness (QED) is 0.332. The third kappa shape index (κ3) is 4.07. The first kappa shape index (κ1) is 20.9. The molecule has 3 aromatic carbocycles. The van der Waals surface area contributed by atoms with E-state index in [9.17, 15) is 19.2 Å². The lowest BCUT2D eigenvalue weighted by atomic mass is 10.1. The minimum Gasteiger partial charge on any atom is -0.321 e. The van der Waals surface area contributed by atoms with E-state index in [1.54, 1.807) is 84.9 Å². The van der Waals surface area contributed by atoms with E-state index in [0.717, 1.165) is 0 Å². The lowest BCUT2D eigenvalue weighted by Crippen LogP contribution is -2.19. The van der Waals surface area contributed by atoms with Crippen molar-refractivity contribution in [3.8, 4) is 0 Å². The van der Waals surface area contributed by atoms with Gasteiger partial charge < -0.3 is 20.6 Å². The number of benzene rings is 3. The Morgan fingerprint density at radius 1 is 0.559 bits per heavy atom. The molecule has 8 heteroatoms. The van der Waals surface area contributed by atoms with Gasteiger partial charge in [-0.15, -0.1) is 0 Å². The Balaban J connectivity index is 1.30. The molecular weight excluding hydrogens is 432 g/mol. The summed E-state index contributed by atoms with van der Waals surface area (Å²) in [7, 11) is 0. The summed E-state index contributed by atoms with van der Waals surface area (Å²) in [5.74, 6) is -0.929. The molecule has 0 bridgehead atoms. The molecule has 166 valence electrons. The first-order valence-electron chi connectivity index (χ1n) is 10.4. The average molecular weight is 450 g/mol. The fraction of sp³-hybridized carbons (Fsp3) is 0. The molecule has 0 unspecified atom stereocenters. The second kappa shape index (κ2) is 8.51. The van der Waals surface area contributed by atoms with Crippen LogP contribution in [0.25, 0.3) is 21.5 Å². The number of nitrogens with one attached hydrogen (secondary N) is 4. The van der Waals surface area contributed by atoms with Crippen LogP contribution in [-0.2, 0) is 0 Å². The number of amides is 2. The third-order valence-electron chi connectivity index (χ3n) is 5.40. The van der Waals surface area contributed by atoms with Gasteiger partial charge in [0.05, 0.1) is 0 Å². The zero-order valence-corrected chi connectivity index (χ0v) is 17.7. The Labute approximate surface area is 192 Å². The van der Waals surface area contributed by atoms with Gasteiger partial charge in [-0.25, -0.2) is 0 Å². The van der Waals surface area contributed by atoms with Crippen molar-refractivity contribution >= 4 is 44.7 Å². The average Bonchev–Trinajstić information content (AvgIpc) is 2.85. The predicted molar refractivity (Wildman–Crippen MR) is 131 cm³/mol. The topological polar surface area (TPSA) is 124 Å². The highest BCUT2D eigenvalue weighted by atomic mass is 16.2. The summed E-state index contributed by atoms with van der Waals surface area (Å²) in [4.78, 5) is 54.8. The van der Waals surface area contributed by atoms with E-state index < -0.39 is 11.8 Å². The van der Waals surface area contributed by atoms with Crippen molar-refractivity contribution in [2.75, 3.05) is 10.6 Å². The maximum absolute atomic E-state index is 12.6. The summed E-state index contributed by atoms with van der Waals surface area (Å²) in [6.07, 6.45) is 0. The van der Waals surface area contributed by atoms with Gasteiger partial charge in [0.25, 0.3) is 22.9 Å². The number of hydrogen-bond acceptors (Lipinski definition) is 4. The maximum Gasteiger partial charge on any atom is 0.272 e. The fourth-order valence-electron chi connectivity index (χ4n) is 3.70. The van der Waals surface area contributed by atoms with Gasteiger partial charge in [0.1, 0.15) is 11.4 Å². The number of carbonyl (C=O) groups excluding carboxylic acids is 2. The molecule has 0 saturated heterocycles. The second-order valence-corrected chi connectivity index (χ2v) is 7.68. The normalized spacial score (nSPS) is 10.8. The number of aromatic nitrogens is 2. The summed E-state index contributed by atoms with van der Waals surface area (Å²) in [6.45, 7) is 0. The predicted octanol–water partition coefficient (Wildman–Crippen LogP) is 3.87. The molecule has 0 saturated carbocycles. The van der Waals surface area contributed by atoms with Gasteiger partial charge in [-0.3, -0.25) is 19.2 Å². The monoisotopic (exact) mass is 450 g/mol. The van der Waals surface area contributed by atoms with Crippen molar-refractivity contribution in [3.05, 3.63) is 117 Å². The number of H-pyrrole nitrogens is 2. The van der Waals surface area contributed by atoms with Gasteiger partial charge in [-0.2, -0.15) is 0 Å². The summed E-state index contributed by atoms with van der Waals surface area (Å²) in [6, 6.07) is 23.7. The highest BCUT2D eigenvalue weighted by molar-refractivity contribution is 6.06. The van der Waals surface area contributed by atoms with Crippen LogP contribution < -0.4 is 21.8 Å². The van der Waals surface area contributed by atoms with E-state index in [-0.39, 0.29) is 22.5 Å². The molecular formula is C26H18N4O4. The first-order valence-corrected chi connectivity index (χ1v) is 10.4. The van der Waals surface area contributed by atoms with Gasteiger partial charge in [0.15, 0.2) is 0 Å². The standard InChI is InChI=1S/C26H18N4O4/c31-23-19-7-3-1-5-15(19)13-21(29-23)25(33)27-17-9-11-18(12-10-17)28-26(34)22-14-16-6-2-4-8-20(16)24(32)30-22/h1-14H,(H,27,33)(H,28,34)(H,29,31)(H,30,32).